The number of ether oxygens (including phenoxy) is 1. The number of nitro groups is 1. The number of rotatable bonds is 6. The highest BCUT2D eigenvalue weighted by Gasteiger charge is 2.36. The molecule has 0 aliphatic carbocycles. The molecule has 0 N–H and O–H groups in total. The van der Waals surface area contributed by atoms with E-state index in [-0.39, 0.29) is 28.8 Å². The van der Waals surface area contributed by atoms with Crippen LogP contribution in [0.3, 0.4) is 0 Å². The number of para-hydroxylation sites is 1. The molecule has 32 heavy (non-hydrogen) atoms. The van der Waals surface area contributed by atoms with Crippen molar-refractivity contribution in [1.29, 1.82) is 0 Å². The van der Waals surface area contributed by atoms with Gasteiger partial charge in [-0.05, 0) is 60.9 Å². The monoisotopic (exact) mass is 452 g/mol. The number of esters is 1. The Morgan fingerprint density at radius 2 is 1.81 bits per heavy atom. The summed E-state index contributed by atoms with van der Waals surface area (Å²) in [5.41, 5.74) is 2.23. The number of benzene rings is 3. The second kappa shape index (κ2) is 8.43. The molecule has 1 heterocycles. The summed E-state index contributed by atoms with van der Waals surface area (Å²) in [7, 11) is -3.88. The van der Waals surface area contributed by atoms with Crippen LogP contribution in [0.1, 0.15) is 28.4 Å². The van der Waals surface area contributed by atoms with Crippen molar-refractivity contribution < 1.29 is 22.9 Å². The minimum atomic E-state index is -3.88. The first kappa shape index (κ1) is 21.5. The number of sulfonamides is 1. The molecule has 0 radical (unpaired) electrons. The first-order valence-electron chi connectivity index (χ1n) is 9.90. The van der Waals surface area contributed by atoms with Crippen LogP contribution in [0.4, 0.5) is 11.4 Å². The number of hydrogen-bond donors (Lipinski definition) is 0. The van der Waals surface area contributed by atoms with Gasteiger partial charge in [0.15, 0.2) is 0 Å². The summed E-state index contributed by atoms with van der Waals surface area (Å²) in [6.45, 7) is 1.75. The predicted octanol–water partition coefficient (Wildman–Crippen LogP) is 4.09. The molecular formula is C23H20N2O6S. The highest BCUT2D eigenvalue weighted by molar-refractivity contribution is 7.92. The van der Waals surface area contributed by atoms with Crippen molar-refractivity contribution in [3.63, 3.8) is 0 Å². The van der Waals surface area contributed by atoms with Crippen LogP contribution in [-0.2, 0) is 27.8 Å². The molecule has 0 unspecified atom stereocenters. The Morgan fingerprint density at radius 3 is 2.53 bits per heavy atom. The van der Waals surface area contributed by atoms with Gasteiger partial charge in [-0.25, -0.2) is 13.2 Å². The standard InChI is InChI=1S/C23H20N2O6S/c1-16-13-18-5-2-3-8-22(18)24(16)32(29,30)21-7-4-6-19(14-21)23(26)31-15-17-9-11-20(12-10-17)25(27)28/h2-12,14,16H,13,15H2,1H3/t16-/m1/s1. The van der Waals surface area contributed by atoms with E-state index in [1.54, 1.807) is 12.1 Å². The maximum Gasteiger partial charge on any atom is 0.338 e. The van der Waals surface area contributed by atoms with Gasteiger partial charge in [-0.1, -0.05) is 24.3 Å². The Labute approximate surface area is 185 Å². The lowest BCUT2D eigenvalue weighted by Crippen LogP contribution is -2.35. The van der Waals surface area contributed by atoms with Gasteiger partial charge in [0.25, 0.3) is 15.7 Å². The molecule has 0 saturated heterocycles. The lowest BCUT2D eigenvalue weighted by molar-refractivity contribution is -0.384. The van der Waals surface area contributed by atoms with Gasteiger partial charge in [0.05, 0.1) is 21.1 Å². The molecule has 0 fully saturated rings. The predicted molar refractivity (Wildman–Crippen MR) is 118 cm³/mol. The minimum Gasteiger partial charge on any atom is -0.457 e. The summed E-state index contributed by atoms with van der Waals surface area (Å²) in [6, 6.07) is 18.5. The Bertz CT molecular complexity index is 1290. The van der Waals surface area contributed by atoms with Crippen LogP contribution in [0.15, 0.2) is 77.7 Å². The first-order valence-corrected chi connectivity index (χ1v) is 11.3. The fourth-order valence-corrected chi connectivity index (χ4v) is 5.49. The minimum absolute atomic E-state index is 0.00541. The molecule has 9 heteroatoms. The SMILES string of the molecule is C[C@@H]1Cc2ccccc2N1S(=O)(=O)c1cccc(C(=O)OCc2ccc([N+](=O)[O-])cc2)c1. The van der Waals surface area contributed by atoms with Crippen LogP contribution in [0.2, 0.25) is 0 Å². The molecule has 3 aromatic rings. The third kappa shape index (κ3) is 4.06. The van der Waals surface area contributed by atoms with Crippen molar-refractivity contribution >= 4 is 27.4 Å². The Hall–Kier alpha value is -3.72. The molecule has 0 amide bonds. The number of carbonyl (C=O) groups is 1. The molecule has 1 aliphatic heterocycles. The Balaban J connectivity index is 1.53. The smallest absolute Gasteiger partial charge is 0.338 e. The number of carbonyl (C=O) groups excluding carboxylic acids is 1. The molecular weight excluding hydrogens is 432 g/mol. The van der Waals surface area contributed by atoms with E-state index in [0.29, 0.717) is 17.7 Å². The van der Waals surface area contributed by atoms with Gasteiger partial charge >= 0.3 is 5.97 Å². The zero-order valence-electron chi connectivity index (χ0n) is 17.2. The molecule has 1 aliphatic rings. The molecule has 4 rings (SSSR count). The number of nitro benzene ring substituents is 1. The van der Waals surface area contributed by atoms with Crippen molar-refractivity contribution in [3.05, 3.63) is 99.6 Å². The molecule has 164 valence electrons. The number of nitrogens with zero attached hydrogens (tertiary/aromatic N) is 2. The van der Waals surface area contributed by atoms with E-state index in [0.717, 1.165) is 5.56 Å². The maximum atomic E-state index is 13.4. The van der Waals surface area contributed by atoms with Gasteiger partial charge < -0.3 is 4.74 Å². The van der Waals surface area contributed by atoms with Crippen molar-refractivity contribution in [1.82, 2.24) is 0 Å². The summed E-state index contributed by atoms with van der Waals surface area (Å²) in [4.78, 5) is 22.7. The summed E-state index contributed by atoms with van der Waals surface area (Å²) < 4.78 is 33.4. The summed E-state index contributed by atoms with van der Waals surface area (Å²) in [5, 5.41) is 10.7. The average molecular weight is 452 g/mol. The van der Waals surface area contributed by atoms with E-state index in [9.17, 15) is 23.3 Å². The van der Waals surface area contributed by atoms with Crippen LogP contribution >= 0.6 is 0 Å². The molecule has 8 nitrogen and oxygen atoms in total. The molecule has 0 spiro atoms. The normalized spacial score (nSPS) is 15.3. The van der Waals surface area contributed by atoms with Gasteiger partial charge in [-0.3, -0.25) is 14.4 Å². The average Bonchev–Trinajstić information content (AvgIpc) is 3.14. The van der Waals surface area contributed by atoms with E-state index >= 15 is 0 Å². The van der Waals surface area contributed by atoms with Crippen LogP contribution in [0.25, 0.3) is 0 Å². The first-order chi connectivity index (χ1) is 15.3. The fourth-order valence-electron chi connectivity index (χ4n) is 3.75. The number of fused-ring (bicyclic) bond motifs is 1. The van der Waals surface area contributed by atoms with E-state index < -0.39 is 20.9 Å². The largest absolute Gasteiger partial charge is 0.457 e. The lowest BCUT2D eigenvalue weighted by atomic mass is 10.1. The number of anilines is 1. The highest BCUT2D eigenvalue weighted by atomic mass is 32.2. The van der Waals surface area contributed by atoms with Crippen LogP contribution in [0, 0.1) is 10.1 Å². The van der Waals surface area contributed by atoms with Crippen LogP contribution < -0.4 is 4.31 Å². The highest BCUT2D eigenvalue weighted by Crippen LogP contribution is 2.36. The second-order valence-electron chi connectivity index (χ2n) is 7.51. The third-order valence-corrected chi connectivity index (χ3v) is 7.21. The summed E-state index contributed by atoms with van der Waals surface area (Å²) in [5.74, 6) is -0.685. The molecule has 0 saturated carbocycles. The Morgan fingerprint density at radius 1 is 1.09 bits per heavy atom. The second-order valence-corrected chi connectivity index (χ2v) is 9.33. The zero-order valence-corrected chi connectivity index (χ0v) is 18.0. The van der Waals surface area contributed by atoms with Crippen LogP contribution in [0.5, 0.6) is 0 Å². The zero-order chi connectivity index (χ0) is 22.9. The van der Waals surface area contributed by atoms with Gasteiger partial charge in [-0.2, -0.15) is 0 Å². The Kier molecular flexibility index (Phi) is 5.67. The van der Waals surface area contributed by atoms with Gasteiger partial charge in [-0.15, -0.1) is 0 Å². The summed E-state index contributed by atoms with van der Waals surface area (Å²) in [6.07, 6.45) is 0.617. The molecule has 3 aromatic carbocycles. The third-order valence-electron chi connectivity index (χ3n) is 5.29. The fraction of sp³-hybridized carbons (Fsp3) is 0.174. The molecule has 0 aromatic heterocycles. The van der Waals surface area contributed by atoms with E-state index in [1.165, 1.54) is 52.8 Å². The van der Waals surface area contributed by atoms with E-state index in [4.69, 9.17) is 4.74 Å². The van der Waals surface area contributed by atoms with Gasteiger partial charge in [0, 0.05) is 18.2 Å². The molecule has 0 bridgehead atoms. The van der Waals surface area contributed by atoms with Gasteiger partial charge in [0.2, 0.25) is 0 Å². The molecule has 1 atom stereocenters. The van der Waals surface area contributed by atoms with Crippen molar-refractivity contribution in [2.24, 2.45) is 0 Å². The van der Waals surface area contributed by atoms with Crippen molar-refractivity contribution in [3.8, 4) is 0 Å². The number of non-ortho nitro benzene ring substituents is 1. The topological polar surface area (TPSA) is 107 Å². The van der Waals surface area contributed by atoms with E-state index in [1.807, 2.05) is 19.1 Å². The lowest BCUT2D eigenvalue weighted by Gasteiger charge is -2.24. The van der Waals surface area contributed by atoms with E-state index in [2.05, 4.69) is 0 Å². The van der Waals surface area contributed by atoms with Crippen molar-refractivity contribution in [2.45, 2.75) is 30.9 Å². The van der Waals surface area contributed by atoms with Crippen LogP contribution in [-0.4, -0.2) is 25.4 Å². The quantitative estimate of drug-likeness (QED) is 0.317. The van der Waals surface area contributed by atoms with Gasteiger partial charge in [0.1, 0.15) is 6.61 Å². The summed E-state index contributed by atoms with van der Waals surface area (Å²) >= 11 is 0. The maximum absolute atomic E-state index is 13.4. The van der Waals surface area contributed by atoms with Crippen molar-refractivity contribution in [2.75, 3.05) is 4.31 Å². The number of hydrogen-bond acceptors (Lipinski definition) is 6.